The molecular weight excluding hydrogens is 515 g/mol. The van der Waals surface area contributed by atoms with Crippen LogP contribution >= 0.6 is 0 Å². The van der Waals surface area contributed by atoms with Gasteiger partial charge in [0.25, 0.3) is 0 Å². The molecule has 0 saturated carbocycles. The average Bonchev–Trinajstić information content (AvgIpc) is 3.37. The van der Waals surface area contributed by atoms with E-state index in [1.165, 1.54) is 12.1 Å². The highest BCUT2D eigenvalue weighted by Crippen LogP contribution is 2.37. The van der Waals surface area contributed by atoms with Gasteiger partial charge in [0.2, 0.25) is 0 Å². The molecule has 2 aromatic carbocycles. The Kier molecular flexibility index (Phi) is 10.1. The van der Waals surface area contributed by atoms with Crippen molar-refractivity contribution in [3.05, 3.63) is 77.6 Å². The Bertz CT molecular complexity index is 1240. The van der Waals surface area contributed by atoms with E-state index in [9.17, 15) is 14.0 Å². The summed E-state index contributed by atoms with van der Waals surface area (Å²) in [5, 5.41) is 32.5. The number of carbonyl (C=O) groups is 2. The second-order valence-electron chi connectivity index (χ2n) is 8.85. The van der Waals surface area contributed by atoms with E-state index in [0.29, 0.717) is 38.4 Å². The van der Waals surface area contributed by atoms with Crippen LogP contribution in [0.4, 0.5) is 4.39 Å². The number of ether oxygens (including phenoxy) is 3. The van der Waals surface area contributed by atoms with E-state index >= 15 is 0 Å². The van der Waals surface area contributed by atoms with Crippen molar-refractivity contribution in [2.24, 2.45) is 0 Å². The van der Waals surface area contributed by atoms with E-state index in [-0.39, 0.29) is 5.82 Å². The number of imidazole rings is 1. The van der Waals surface area contributed by atoms with Crippen molar-refractivity contribution >= 4 is 11.9 Å². The van der Waals surface area contributed by atoms with E-state index in [0.717, 1.165) is 22.6 Å². The number of nitrogens with zero attached hydrogens (tertiary/aromatic N) is 2. The number of aliphatic hydroxyl groups excluding tert-OH is 2. The van der Waals surface area contributed by atoms with Crippen LogP contribution in [0.3, 0.4) is 0 Å². The van der Waals surface area contributed by atoms with Crippen LogP contribution in [-0.2, 0) is 31.3 Å². The van der Waals surface area contributed by atoms with Crippen LogP contribution in [-0.4, -0.2) is 74.4 Å². The van der Waals surface area contributed by atoms with Crippen molar-refractivity contribution in [3.63, 3.8) is 0 Å². The molecule has 4 rings (SSSR count). The number of carboxylic acids is 2. The molecule has 0 unspecified atom stereocenters. The molecule has 0 amide bonds. The Hall–Kier alpha value is -3.84. The van der Waals surface area contributed by atoms with Gasteiger partial charge in [0.05, 0.1) is 5.60 Å². The summed E-state index contributed by atoms with van der Waals surface area (Å²) in [5.41, 5.74) is 2.32. The highest BCUT2D eigenvalue weighted by atomic mass is 19.1. The predicted octanol–water partition coefficient (Wildman–Crippen LogP) is 2.43. The molecule has 2 heterocycles. The molecule has 210 valence electrons. The molecule has 1 saturated heterocycles. The topological polar surface area (TPSA) is 161 Å². The number of methoxy groups -OCH3 is 1. The van der Waals surface area contributed by atoms with Gasteiger partial charge in [0.1, 0.15) is 24.0 Å². The maximum atomic E-state index is 14.3. The molecule has 1 aliphatic rings. The summed E-state index contributed by atoms with van der Waals surface area (Å²) in [5.74, 6) is -2.44. The molecule has 0 spiro atoms. The number of aromatic nitrogens is 2. The number of carboxylic acid groups (broad SMARTS) is 2. The largest absolute Gasteiger partial charge is 0.489 e. The zero-order valence-electron chi connectivity index (χ0n) is 21.5. The molecular formula is C27H31FN2O9. The third-order valence-electron chi connectivity index (χ3n) is 6.34. The number of rotatable bonds is 9. The Balaban J connectivity index is 0.000000360. The first-order valence-electron chi connectivity index (χ1n) is 12.0. The summed E-state index contributed by atoms with van der Waals surface area (Å²) in [6.07, 6.45) is 0.564. The van der Waals surface area contributed by atoms with E-state index in [1.807, 2.05) is 48.0 Å². The van der Waals surface area contributed by atoms with Crippen LogP contribution in [0.1, 0.15) is 29.8 Å². The summed E-state index contributed by atoms with van der Waals surface area (Å²) in [7, 11) is 1.67. The zero-order valence-corrected chi connectivity index (χ0v) is 21.5. The van der Waals surface area contributed by atoms with Gasteiger partial charge in [-0.2, -0.15) is 0 Å². The lowest BCUT2D eigenvalue weighted by atomic mass is 9.86. The first-order chi connectivity index (χ1) is 18.6. The van der Waals surface area contributed by atoms with E-state index in [2.05, 4.69) is 4.98 Å². The van der Waals surface area contributed by atoms with Gasteiger partial charge in [0, 0.05) is 57.3 Å². The fraction of sp³-hybridized carbons (Fsp3) is 0.370. The molecule has 1 aliphatic heterocycles. The second kappa shape index (κ2) is 13.3. The number of benzene rings is 2. The summed E-state index contributed by atoms with van der Waals surface area (Å²) < 4.78 is 33.4. The smallest absolute Gasteiger partial charge is 0.335 e. The minimum atomic E-state index is -2.27. The minimum Gasteiger partial charge on any atom is -0.489 e. The van der Waals surface area contributed by atoms with Crippen LogP contribution in [0.5, 0.6) is 5.75 Å². The predicted molar refractivity (Wildman–Crippen MR) is 135 cm³/mol. The molecule has 39 heavy (non-hydrogen) atoms. The van der Waals surface area contributed by atoms with Crippen LogP contribution in [0.25, 0.3) is 5.69 Å². The SMILES string of the molecule is COC1(c2cc(F)cc(OCc3ccc(-n4ccnc4C)cc3)c2)CCOCC1.O=C(O)[C@H](O)[C@@H](O)C(=O)O. The van der Waals surface area contributed by atoms with E-state index in [1.54, 1.807) is 13.3 Å². The quantitative estimate of drug-likeness (QED) is 0.314. The summed E-state index contributed by atoms with van der Waals surface area (Å²) in [6.45, 7) is 3.52. The van der Waals surface area contributed by atoms with Crippen LogP contribution < -0.4 is 4.74 Å². The van der Waals surface area contributed by atoms with Crippen LogP contribution in [0.15, 0.2) is 54.9 Å². The Labute approximate surface area is 224 Å². The van der Waals surface area contributed by atoms with Crippen LogP contribution in [0, 0.1) is 12.7 Å². The fourth-order valence-corrected chi connectivity index (χ4v) is 4.06. The lowest BCUT2D eigenvalue weighted by Crippen LogP contribution is -2.39. The lowest BCUT2D eigenvalue weighted by molar-refractivity contribution is -0.165. The van der Waals surface area contributed by atoms with Crippen molar-refractivity contribution in [1.82, 2.24) is 9.55 Å². The van der Waals surface area contributed by atoms with E-state index < -0.39 is 29.7 Å². The number of aryl methyl sites for hydroxylation is 1. The van der Waals surface area contributed by atoms with Crippen molar-refractivity contribution in [1.29, 1.82) is 0 Å². The maximum Gasteiger partial charge on any atom is 0.335 e. The molecule has 0 aliphatic carbocycles. The van der Waals surface area contributed by atoms with Gasteiger partial charge < -0.3 is 39.2 Å². The molecule has 2 atom stereocenters. The van der Waals surface area contributed by atoms with Gasteiger partial charge in [-0.1, -0.05) is 12.1 Å². The average molecular weight is 547 g/mol. The monoisotopic (exact) mass is 546 g/mol. The highest BCUT2D eigenvalue weighted by molar-refractivity contribution is 5.83. The first kappa shape index (κ1) is 29.7. The second-order valence-corrected chi connectivity index (χ2v) is 8.85. The number of hydrogen-bond acceptors (Lipinski definition) is 8. The van der Waals surface area contributed by atoms with Crippen molar-refractivity contribution in [2.45, 2.75) is 44.2 Å². The minimum absolute atomic E-state index is 0.327. The normalized spacial score (nSPS) is 15.9. The number of aliphatic carboxylic acids is 2. The first-order valence-corrected chi connectivity index (χ1v) is 12.0. The molecule has 1 fully saturated rings. The summed E-state index contributed by atoms with van der Waals surface area (Å²) in [4.78, 5) is 23.8. The Morgan fingerprint density at radius 1 is 1.08 bits per heavy atom. The molecule has 0 bridgehead atoms. The van der Waals surface area contributed by atoms with Crippen molar-refractivity contribution in [3.8, 4) is 11.4 Å². The molecule has 3 aromatic rings. The van der Waals surface area contributed by atoms with Gasteiger partial charge in [-0.25, -0.2) is 19.0 Å². The molecule has 12 heteroatoms. The van der Waals surface area contributed by atoms with E-state index in [4.69, 9.17) is 34.6 Å². The lowest BCUT2D eigenvalue weighted by Gasteiger charge is -2.36. The molecule has 4 N–H and O–H groups in total. The Morgan fingerprint density at radius 2 is 1.69 bits per heavy atom. The number of halogens is 1. The third-order valence-corrected chi connectivity index (χ3v) is 6.34. The Morgan fingerprint density at radius 3 is 2.21 bits per heavy atom. The van der Waals surface area contributed by atoms with Gasteiger partial charge >= 0.3 is 11.9 Å². The standard InChI is InChI=1S/C23H25FN2O3.C4H6O6/c1-17-25-9-10-26(17)21-5-3-18(4-6-21)16-29-22-14-19(13-20(24)15-22)23(27-2)7-11-28-12-8-23;5-1(3(7)8)2(6)4(9)10/h3-6,9-10,13-15H,7-8,11-12,16H2,1-2H3;1-2,5-6H,(H,7,8)(H,9,10)/t;1-,2-/m.1/s1. The molecule has 11 nitrogen and oxygen atoms in total. The van der Waals surface area contributed by atoms with Crippen LogP contribution in [0.2, 0.25) is 0 Å². The zero-order chi connectivity index (χ0) is 28.6. The molecule has 1 aromatic heterocycles. The van der Waals surface area contributed by atoms with Gasteiger partial charge in [-0.3, -0.25) is 0 Å². The van der Waals surface area contributed by atoms with Crippen molar-refractivity contribution in [2.75, 3.05) is 20.3 Å². The van der Waals surface area contributed by atoms with Gasteiger partial charge in [-0.05, 0) is 42.3 Å². The summed E-state index contributed by atoms with van der Waals surface area (Å²) >= 11 is 0. The van der Waals surface area contributed by atoms with Gasteiger partial charge in [0.15, 0.2) is 12.2 Å². The van der Waals surface area contributed by atoms with Gasteiger partial charge in [-0.15, -0.1) is 0 Å². The van der Waals surface area contributed by atoms with Crippen molar-refractivity contribution < 1.29 is 48.6 Å². The third kappa shape index (κ3) is 7.60. The molecule has 0 radical (unpaired) electrons. The maximum absolute atomic E-state index is 14.3. The number of aliphatic hydroxyl groups is 2. The number of hydrogen-bond donors (Lipinski definition) is 4. The summed E-state index contributed by atoms with van der Waals surface area (Å²) in [6, 6.07) is 12.9. The highest BCUT2D eigenvalue weighted by Gasteiger charge is 2.35. The fourth-order valence-electron chi connectivity index (χ4n) is 4.06.